The van der Waals surface area contributed by atoms with Crippen LogP contribution in [0.15, 0.2) is 36.4 Å². The van der Waals surface area contributed by atoms with E-state index >= 15 is 0 Å². The molecule has 0 fully saturated rings. The SMILES string of the molecule is Cc1cc(C(F)(C(F)(F)F)C(F)(F)F)ccc1NC1OCc2cccc(Cl)c21. The van der Waals surface area contributed by atoms with E-state index in [-0.39, 0.29) is 17.9 Å². The Balaban J connectivity index is 1.95. The van der Waals surface area contributed by atoms with Gasteiger partial charge in [-0.05, 0) is 30.2 Å². The first-order valence-corrected chi connectivity index (χ1v) is 8.33. The van der Waals surface area contributed by atoms with Crippen LogP contribution in [0.1, 0.15) is 28.5 Å². The molecule has 2 aromatic carbocycles. The van der Waals surface area contributed by atoms with Gasteiger partial charge in [0.1, 0.15) is 0 Å². The number of fused-ring (bicyclic) bond motifs is 1. The van der Waals surface area contributed by atoms with E-state index < -0.39 is 29.8 Å². The third-order valence-electron chi connectivity index (χ3n) is 4.50. The number of anilines is 1. The lowest BCUT2D eigenvalue weighted by molar-refractivity contribution is -0.348. The van der Waals surface area contributed by atoms with Crippen molar-refractivity contribution in [1.82, 2.24) is 0 Å². The quantitative estimate of drug-likeness (QED) is 0.559. The van der Waals surface area contributed by atoms with Gasteiger partial charge in [0.15, 0.2) is 6.23 Å². The van der Waals surface area contributed by atoms with Crippen molar-refractivity contribution in [3.63, 3.8) is 0 Å². The van der Waals surface area contributed by atoms with Crippen molar-refractivity contribution in [2.45, 2.75) is 37.8 Å². The molecule has 0 saturated heterocycles. The monoisotopic (exact) mass is 427 g/mol. The molecule has 28 heavy (non-hydrogen) atoms. The van der Waals surface area contributed by atoms with Crippen molar-refractivity contribution < 1.29 is 35.5 Å². The van der Waals surface area contributed by atoms with Crippen LogP contribution in [0, 0.1) is 6.92 Å². The van der Waals surface area contributed by atoms with Crippen molar-refractivity contribution >= 4 is 17.3 Å². The third kappa shape index (κ3) is 3.30. The van der Waals surface area contributed by atoms with E-state index in [2.05, 4.69) is 5.32 Å². The summed E-state index contributed by atoms with van der Waals surface area (Å²) in [6.45, 7) is 1.50. The second-order valence-corrected chi connectivity index (χ2v) is 6.74. The molecule has 2 aromatic rings. The fraction of sp³-hybridized carbons (Fsp3) is 0.333. The molecule has 1 atom stereocenters. The molecule has 0 amide bonds. The number of rotatable bonds is 3. The lowest BCUT2D eigenvalue weighted by Gasteiger charge is -2.31. The smallest absolute Gasteiger partial charge is 0.356 e. The summed E-state index contributed by atoms with van der Waals surface area (Å²) < 4.78 is 97.2. The third-order valence-corrected chi connectivity index (χ3v) is 4.83. The number of halogens is 8. The molecule has 2 nitrogen and oxygen atoms in total. The standard InChI is InChI=1S/C18H13ClF7NO/c1-9-7-11(16(20,17(21,22)23)18(24,25)26)5-6-13(9)27-15-14-10(8-28-15)3-2-4-12(14)19/h2-7,15,27H,8H2,1H3. The zero-order chi connectivity index (χ0) is 20.9. The summed E-state index contributed by atoms with van der Waals surface area (Å²) in [5, 5.41) is 3.27. The Morgan fingerprint density at radius 2 is 1.64 bits per heavy atom. The Bertz CT molecular complexity index is 880. The van der Waals surface area contributed by atoms with Gasteiger partial charge >= 0.3 is 18.0 Å². The van der Waals surface area contributed by atoms with E-state index in [0.29, 0.717) is 22.7 Å². The summed E-state index contributed by atoms with van der Waals surface area (Å²) >= 11 is 6.14. The Kier molecular flexibility index (Phi) is 5.04. The van der Waals surface area contributed by atoms with Crippen molar-refractivity contribution in [2.75, 3.05) is 5.32 Å². The molecule has 0 radical (unpaired) electrons. The van der Waals surface area contributed by atoms with Crippen LogP contribution in [-0.2, 0) is 17.0 Å². The Morgan fingerprint density at radius 1 is 1.00 bits per heavy atom. The number of alkyl halides is 7. The molecule has 1 N–H and O–H groups in total. The summed E-state index contributed by atoms with van der Waals surface area (Å²) in [7, 11) is 0. The highest BCUT2D eigenvalue weighted by molar-refractivity contribution is 6.31. The maximum absolute atomic E-state index is 14.2. The van der Waals surface area contributed by atoms with E-state index in [1.54, 1.807) is 18.2 Å². The zero-order valence-corrected chi connectivity index (χ0v) is 14.9. The van der Waals surface area contributed by atoms with Crippen LogP contribution in [-0.4, -0.2) is 12.4 Å². The molecule has 152 valence electrons. The Morgan fingerprint density at radius 3 is 2.21 bits per heavy atom. The number of benzene rings is 2. The van der Waals surface area contributed by atoms with Crippen LogP contribution >= 0.6 is 11.6 Å². The molecule has 0 bridgehead atoms. The van der Waals surface area contributed by atoms with Crippen LogP contribution in [0.3, 0.4) is 0 Å². The van der Waals surface area contributed by atoms with Gasteiger partial charge in [-0.2, -0.15) is 26.3 Å². The second-order valence-electron chi connectivity index (χ2n) is 6.33. The van der Waals surface area contributed by atoms with Crippen LogP contribution in [0.25, 0.3) is 0 Å². The summed E-state index contributed by atoms with van der Waals surface area (Å²) in [5.74, 6) is 0. The highest BCUT2D eigenvalue weighted by Gasteiger charge is 2.73. The van der Waals surface area contributed by atoms with Crippen molar-refractivity contribution in [3.8, 4) is 0 Å². The average molecular weight is 428 g/mol. The highest BCUT2D eigenvalue weighted by Crippen LogP contribution is 2.53. The van der Waals surface area contributed by atoms with Crippen LogP contribution in [0.5, 0.6) is 0 Å². The van der Waals surface area contributed by atoms with Gasteiger partial charge in [-0.25, -0.2) is 4.39 Å². The van der Waals surface area contributed by atoms with Crippen molar-refractivity contribution in [1.29, 1.82) is 0 Å². The first-order valence-electron chi connectivity index (χ1n) is 7.95. The number of aryl methyl sites for hydroxylation is 1. The summed E-state index contributed by atoms with van der Waals surface area (Å²) in [5.41, 5.74) is -5.41. The van der Waals surface area contributed by atoms with Crippen molar-refractivity contribution in [2.24, 2.45) is 0 Å². The van der Waals surface area contributed by atoms with E-state index in [1.807, 2.05) is 0 Å². The molecule has 0 aliphatic carbocycles. The minimum absolute atomic E-state index is 0.0165. The lowest BCUT2D eigenvalue weighted by atomic mass is 9.92. The predicted molar refractivity (Wildman–Crippen MR) is 88.7 cm³/mol. The lowest BCUT2D eigenvalue weighted by Crippen LogP contribution is -2.50. The van der Waals surface area contributed by atoms with Gasteiger partial charge in [0.2, 0.25) is 0 Å². The van der Waals surface area contributed by atoms with E-state index in [9.17, 15) is 30.7 Å². The van der Waals surface area contributed by atoms with E-state index in [1.165, 1.54) is 6.92 Å². The van der Waals surface area contributed by atoms with Gasteiger partial charge in [-0.3, -0.25) is 0 Å². The van der Waals surface area contributed by atoms with Crippen LogP contribution in [0.2, 0.25) is 5.02 Å². The zero-order valence-electron chi connectivity index (χ0n) is 14.2. The molecular formula is C18H13ClF7NO. The molecule has 1 heterocycles. The van der Waals surface area contributed by atoms with Gasteiger partial charge < -0.3 is 10.1 Å². The average Bonchev–Trinajstić information content (AvgIpc) is 2.98. The molecular weight excluding hydrogens is 415 g/mol. The first-order chi connectivity index (χ1) is 12.9. The van der Waals surface area contributed by atoms with Crippen LogP contribution < -0.4 is 5.32 Å². The minimum atomic E-state index is -6.16. The van der Waals surface area contributed by atoms with Gasteiger partial charge in [0.05, 0.1) is 6.61 Å². The molecule has 0 spiro atoms. The minimum Gasteiger partial charge on any atom is -0.356 e. The van der Waals surface area contributed by atoms with Crippen LogP contribution in [0.4, 0.5) is 36.4 Å². The topological polar surface area (TPSA) is 21.3 Å². The van der Waals surface area contributed by atoms with E-state index in [0.717, 1.165) is 11.6 Å². The molecule has 1 aliphatic heterocycles. The van der Waals surface area contributed by atoms with Crippen molar-refractivity contribution in [3.05, 3.63) is 63.7 Å². The highest BCUT2D eigenvalue weighted by atomic mass is 35.5. The first kappa shape index (κ1) is 20.7. The molecule has 1 aliphatic rings. The predicted octanol–water partition coefficient (Wildman–Crippen LogP) is 6.58. The second kappa shape index (κ2) is 6.81. The molecule has 10 heteroatoms. The van der Waals surface area contributed by atoms with Gasteiger partial charge in [-0.15, -0.1) is 0 Å². The van der Waals surface area contributed by atoms with E-state index in [4.69, 9.17) is 16.3 Å². The Labute approximate surface area is 160 Å². The van der Waals surface area contributed by atoms with Gasteiger partial charge in [0.25, 0.3) is 0 Å². The molecule has 3 rings (SSSR count). The number of nitrogens with one attached hydrogen (secondary N) is 1. The summed E-state index contributed by atoms with van der Waals surface area (Å²) in [6, 6.07) is 7.06. The fourth-order valence-electron chi connectivity index (χ4n) is 3.04. The molecule has 0 saturated carbocycles. The maximum atomic E-state index is 14.2. The number of hydrogen-bond acceptors (Lipinski definition) is 2. The summed E-state index contributed by atoms with van der Waals surface area (Å²) in [4.78, 5) is 0. The van der Waals surface area contributed by atoms with Gasteiger partial charge in [0, 0.05) is 21.8 Å². The molecule has 0 aromatic heterocycles. The Hall–Kier alpha value is -2.00. The largest absolute Gasteiger partial charge is 0.435 e. The number of hydrogen-bond donors (Lipinski definition) is 1. The maximum Gasteiger partial charge on any atom is 0.435 e. The normalized spacial score (nSPS) is 17.5. The van der Waals surface area contributed by atoms with Gasteiger partial charge in [-0.1, -0.05) is 35.9 Å². The fourth-order valence-corrected chi connectivity index (χ4v) is 3.33. The molecule has 1 unspecified atom stereocenters. The summed E-state index contributed by atoms with van der Waals surface area (Å²) in [6.07, 6.45) is -13.1. The number of ether oxygens (including phenoxy) is 1.